The third-order valence-corrected chi connectivity index (χ3v) is 4.83. The first kappa shape index (κ1) is 15.9. The largest absolute Gasteiger partial charge is 0.329 e. The summed E-state index contributed by atoms with van der Waals surface area (Å²) in [5.41, 5.74) is 7.04. The Bertz CT molecular complexity index is 445. The van der Waals surface area contributed by atoms with Crippen LogP contribution in [0.25, 0.3) is 0 Å². The van der Waals surface area contributed by atoms with Crippen LogP contribution in [-0.2, 0) is 0 Å². The lowest BCUT2D eigenvalue weighted by Gasteiger charge is -2.39. The van der Waals surface area contributed by atoms with E-state index in [2.05, 4.69) is 39.8 Å². The molecule has 2 rings (SSSR count). The van der Waals surface area contributed by atoms with Crippen molar-refractivity contribution in [1.82, 2.24) is 9.80 Å². The summed E-state index contributed by atoms with van der Waals surface area (Å²) in [6, 6.07) is 6.04. The molecule has 1 heterocycles. The Morgan fingerprint density at radius 3 is 2.55 bits per heavy atom. The van der Waals surface area contributed by atoms with Gasteiger partial charge >= 0.3 is 0 Å². The second kappa shape index (κ2) is 6.98. The van der Waals surface area contributed by atoms with E-state index in [9.17, 15) is 4.39 Å². The number of piperidine rings is 1. The fraction of sp³-hybridized carbons (Fsp3) is 0.600. The van der Waals surface area contributed by atoms with Crippen molar-refractivity contribution in [2.24, 2.45) is 5.73 Å². The predicted molar refractivity (Wildman–Crippen MR) is 84.2 cm³/mol. The van der Waals surface area contributed by atoms with E-state index < -0.39 is 0 Å². The topological polar surface area (TPSA) is 32.5 Å². The summed E-state index contributed by atoms with van der Waals surface area (Å²) in [6.07, 6.45) is 2.32. The van der Waals surface area contributed by atoms with Gasteiger partial charge in [0.25, 0.3) is 0 Å². The zero-order valence-electron chi connectivity index (χ0n) is 12.1. The van der Waals surface area contributed by atoms with Gasteiger partial charge in [-0.2, -0.15) is 0 Å². The molecule has 1 aliphatic rings. The van der Waals surface area contributed by atoms with Crippen molar-refractivity contribution in [2.75, 3.05) is 33.7 Å². The fourth-order valence-electron chi connectivity index (χ4n) is 2.93. The molecule has 0 aliphatic carbocycles. The Kier molecular flexibility index (Phi) is 5.55. The molecule has 1 saturated heterocycles. The lowest BCUT2D eigenvalue weighted by atomic mass is 9.98. The van der Waals surface area contributed by atoms with Crippen molar-refractivity contribution in [2.45, 2.75) is 24.9 Å². The Balaban J connectivity index is 2.07. The van der Waals surface area contributed by atoms with Gasteiger partial charge in [0.1, 0.15) is 5.82 Å². The molecule has 1 aromatic carbocycles. The molecule has 1 unspecified atom stereocenters. The van der Waals surface area contributed by atoms with Crippen LogP contribution in [0.1, 0.15) is 24.4 Å². The van der Waals surface area contributed by atoms with Crippen molar-refractivity contribution in [3.8, 4) is 0 Å². The summed E-state index contributed by atoms with van der Waals surface area (Å²) >= 11 is 3.26. The molecule has 0 amide bonds. The molecular weight excluding hydrogens is 321 g/mol. The van der Waals surface area contributed by atoms with Crippen molar-refractivity contribution in [1.29, 1.82) is 0 Å². The van der Waals surface area contributed by atoms with Gasteiger partial charge in [0.2, 0.25) is 0 Å². The maximum absolute atomic E-state index is 13.4. The molecule has 1 atom stereocenters. The van der Waals surface area contributed by atoms with E-state index in [1.807, 2.05) is 12.1 Å². The highest BCUT2D eigenvalue weighted by molar-refractivity contribution is 9.10. The molecule has 0 radical (unpaired) electrons. The van der Waals surface area contributed by atoms with E-state index in [1.165, 1.54) is 6.07 Å². The molecule has 5 heteroatoms. The third-order valence-electron chi connectivity index (χ3n) is 4.22. The lowest BCUT2D eigenvalue weighted by Crippen LogP contribution is -2.45. The summed E-state index contributed by atoms with van der Waals surface area (Å²) < 4.78 is 13.9. The molecule has 0 bridgehead atoms. The highest BCUT2D eigenvalue weighted by Gasteiger charge is 2.26. The van der Waals surface area contributed by atoms with Gasteiger partial charge < -0.3 is 10.6 Å². The summed E-state index contributed by atoms with van der Waals surface area (Å²) in [6.45, 7) is 2.64. The predicted octanol–water partition coefficient (Wildman–Crippen LogP) is 2.61. The van der Waals surface area contributed by atoms with Gasteiger partial charge in [0.15, 0.2) is 0 Å². The van der Waals surface area contributed by atoms with E-state index in [-0.39, 0.29) is 11.9 Å². The van der Waals surface area contributed by atoms with Crippen LogP contribution in [0.5, 0.6) is 0 Å². The maximum atomic E-state index is 13.4. The van der Waals surface area contributed by atoms with Crippen LogP contribution in [0.4, 0.5) is 4.39 Å². The first-order valence-electron chi connectivity index (χ1n) is 7.08. The summed E-state index contributed by atoms with van der Waals surface area (Å²) in [5.74, 6) is -0.226. The molecule has 20 heavy (non-hydrogen) atoms. The molecule has 1 aliphatic heterocycles. The Morgan fingerprint density at radius 1 is 1.40 bits per heavy atom. The van der Waals surface area contributed by atoms with E-state index in [0.29, 0.717) is 17.1 Å². The second-order valence-corrected chi connectivity index (χ2v) is 6.51. The summed E-state index contributed by atoms with van der Waals surface area (Å²) in [7, 11) is 4.27. The van der Waals surface area contributed by atoms with E-state index in [1.54, 1.807) is 0 Å². The average Bonchev–Trinajstić information content (AvgIpc) is 2.44. The number of nitrogens with two attached hydrogens (primary N) is 1. The van der Waals surface area contributed by atoms with Gasteiger partial charge in [-0.3, -0.25) is 4.90 Å². The van der Waals surface area contributed by atoms with Gasteiger partial charge in [-0.05, 0) is 60.6 Å². The monoisotopic (exact) mass is 343 g/mol. The van der Waals surface area contributed by atoms with Crippen molar-refractivity contribution in [3.63, 3.8) is 0 Å². The lowest BCUT2D eigenvalue weighted by molar-refractivity contribution is 0.111. The van der Waals surface area contributed by atoms with Crippen LogP contribution in [0, 0.1) is 5.82 Å². The van der Waals surface area contributed by atoms with Crippen molar-refractivity contribution < 1.29 is 4.39 Å². The van der Waals surface area contributed by atoms with Gasteiger partial charge in [-0.1, -0.05) is 6.07 Å². The Morgan fingerprint density at radius 2 is 2.05 bits per heavy atom. The highest BCUT2D eigenvalue weighted by atomic mass is 79.9. The molecule has 0 spiro atoms. The minimum atomic E-state index is -0.226. The number of hydrogen-bond donors (Lipinski definition) is 1. The zero-order chi connectivity index (χ0) is 14.7. The Hall–Kier alpha value is -0.490. The zero-order valence-corrected chi connectivity index (χ0v) is 13.7. The molecule has 112 valence electrons. The van der Waals surface area contributed by atoms with Crippen LogP contribution in [0.2, 0.25) is 0 Å². The number of benzene rings is 1. The van der Waals surface area contributed by atoms with Gasteiger partial charge in [-0.25, -0.2) is 4.39 Å². The molecular formula is C15H23BrFN3. The number of rotatable bonds is 4. The summed E-state index contributed by atoms with van der Waals surface area (Å²) in [5, 5.41) is 0. The number of halogens is 2. The van der Waals surface area contributed by atoms with Crippen molar-refractivity contribution >= 4 is 15.9 Å². The van der Waals surface area contributed by atoms with Gasteiger partial charge in [-0.15, -0.1) is 0 Å². The number of hydrogen-bond acceptors (Lipinski definition) is 3. The average molecular weight is 344 g/mol. The standard InChI is InChI=1S/C15H23BrFN3/c1-19(2)12-5-7-20(8-6-12)15(10-18)11-3-4-14(17)13(16)9-11/h3-4,9,12,15H,5-8,10,18H2,1-2H3. The fourth-order valence-corrected chi connectivity index (χ4v) is 3.33. The van der Waals surface area contributed by atoms with Crippen LogP contribution >= 0.6 is 15.9 Å². The number of likely N-dealkylation sites (tertiary alicyclic amines) is 1. The molecule has 0 saturated carbocycles. The van der Waals surface area contributed by atoms with Crippen LogP contribution < -0.4 is 5.73 Å². The van der Waals surface area contributed by atoms with Gasteiger partial charge in [0.05, 0.1) is 4.47 Å². The third kappa shape index (κ3) is 3.58. The first-order chi connectivity index (χ1) is 9.52. The van der Waals surface area contributed by atoms with Crippen LogP contribution in [0.3, 0.4) is 0 Å². The van der Waals surface area contributed by atoms with E-state index in [4.69, 9.17) is 5.73 Å². The molecule has 3 nitrogen and oxygen atoms in total. The van der Waals surface area contributed by atoms with Crippen LogP contribution in [-0.4, -0.2) is 49.6 Å². The van der Waals surface area contributed by atoms with E-state index in [0.717, 1.165) is 31.5 Å². The maximum Gasteiger partial charge on any atom is 0.137 e. The summed E-state index contributed by atoms with van der Waals surface area (Å²) in [4.78, 5) is 4.71. The first-order valence-corrected chi connectivity index (χ1v) is 7.87. The SMILES string of the molecule is CN(C)C1CCN(C(CN)c2ccc(F)c(Br)c2)CC1. The molecule has 2 N–H and O–H groups in total. The van der Waals surface area contributed by atoms with E-state index >= 15 is 0 Å². The highest BCUT2D eigenvalue weighted by Crippen LogP contribution is 2.27. The van der Waals surface area contributed by atoms with Crippen LogP contribution in [0.15, 0.2) is 22.7 Å². The van der Waals surface area contributed by atoms with Crippen molar-refractivity contribution in [3.05, 3.63) is 34.1 Å². The molecule has 1 fully saturated rings. The second-order valence-electron chi connectivity index (χ2n) is 5.66. The Labute approximate surface area is 129 Å². The normalized spacial score (nSPS) is 19.5. The van der Waals surface area contributed by atoms with Gasteiger partial charge in [0, 0.05) is 31.7 Å². The number of nitrogens with zero attached hydrogens (tertiary/aromatic N) is 2. The molecule has 1 aromatic rings. The minimum absolute atomic E-state index is 0.176. The molecule has 0 aromatic heterocycles. The minimum Gasteiger partial charge on any atom is -0.329 e. The quantitative estimate of drug-likeness (QED) is 0.911. The smallest absolute Gasteiger partial charge is 0.137 e.